The second kappa shape index (κ2) is 2.54. The van der Waals surface area contributed by atoms with E-state index in [0.29, 0.717) is 11.3 Å². The van der Waals surface area contributed by atoms with Crippen molar-refractivity contribution in [3.63, 3.8) is 0 Å². The molecule has 1 aliphatic rings. The maximum absolute atomic E-state index is 5.64. The lowest BCUT2D eigenvalue weighted by Gasteiger charge is -2.25. The number of nitrogens with two attached hydrogens (primary N) is 1. The van der Waals surface area contributed by atoms with Crippen LogP contribution in [0.1, 0.15) is 27.2 Å². The van der Waals surface area contributed by atoms with Crippen LogP contribution in [0, 0.1) is 23.7 Å². The Labute approximate surface area is 64.0 Å². The van der Waals surface area contributed by atoms with Gasteiger partial charge in [0.15, 0.2) is 0 Å². The average Bonchev–Trinajstić information content (AvgIpc) is 2.04. The Morgan fingerprint density at radius 2 is 2.20 bits per heavy atom. The number of hydrogen-bond acceptors (Lipinski definition) is 1. The maximum atomic E-state index is 5.64. The summed E-state index contributed by atoms with van der Waals surface area (Å²) in [6.07, 6.45) is 3.70. The normalized spacial score (nSPS) is 38.4. The van der Waals surface area contributed by atoms with Crippen molar-refractivity contribution >= 4 is 0 Å². The third-order valence-corrected chi connectivity index (χ3v) is 2.67. The van der Waals surface area contributed by atoms with Crippen molar-refractivity contribution < 1.29 is 0 Å². The van der Waals surface area contributed by atoms with Gasteiger partial charge in [0.05, 0.1) is 0 Å². The zero-order chi connectivity index (χ0) is 7.78. The molecule has 0 spiro atoms. The number of hydrogen-bond donors (Lipinski definition) is 1. The highest BCUT2D eigenvalue weighted by molar-refractivity contribution is 5.00. The van der Waals surface area contributed by atoms with Crippen LogP contribution in [0.2, 0.25) is 0 Å². The molecule has 1 nitrogen and oxygen atoms in total. The van der Waals surface area contributed by atoms with E-state index in [1.54, 1.807) is 0 Å². The van der Waals surface area contributed by atoms with Crippen LogP contribution in [0.4, 0.5) is 0 Å². The van der Waals surface area contributed by atoms with E-state index in [1.165, 1.54) is 6.42 Å². The molecule has 2 N–H and O–H groups in total. The van der Waals surface area contributed by atoms with Gasteiger partial charge in [-0.1, -0.05) is 20.8 Å². The van der Waals surface area contributed by atoms with Crippen LogP contribution in [-0.4, -0.2) is 6.54 Å². The molecule has 1 rings (SSSR count). The van der Waals surface area contributed by atoms with Gasteiger partial charge in [0, 0.05) is 0 Å². The first-order valence-electron chi connectivity index (χ1n) is 4.11. The molecule has 0 saturated heterocycles. The van der Waals surface area contributed by atoms with Crippen molar-refractivity contribution in [3.05, 3.63) is 6.42 Å². The van der Waals surface area contributed by atoms with E-state index in [0.717, 1.165) is 12.5 Å². The van der Waals surface area contributed by atoms with Crippen LogP contribution >= 0.6 is 0 Å². The predicted octanol–water partition coefficient (Wildman–Crippen LogP) is 1.83. The summed E-state index contributed by atoms with van der Waals surface area (Å²) < 4.78 is 0. The highest BCUT2D eigenvalue weighted by Gasteiger charge is 2.37. The van der Waals surface area contributed by atoms with Crippen molar-refractivity contribution in [1.29, 1.82) is 0 Å². The molecule has 59 valence electrons. The van der Waals surface area contributed by atoms with E-state index in [9.17, 15) is 0 Å². The van der Waals surface area contributed by atoms with E-state index < -0.39 is 0 Å². The molecule has 2 unspecified atom stereocenters. The SMILES string of the molecule is CC1[CH]C(CN)C(C)(C)C1. The molecule has 0 bridgehead atoms. The Hall–Kier alpha value is -0.0400. The molecule has 1 heteroatoms. The van der Waals surface area contributed by atoms with Crippen molar-refractivity contribution in [2.75, 3.05) is 6.54 Å². The second-order valence-electron chi connectivity index (χ2n) is 4.20. The largest absolute Gasteiger partial charge is 0.330 e. The molecule has 0 aromatic rings. The van der Waals surface area contributed by atoms with Gasteiger partial charge in [-0.3, -0.25) is 0 Å². The molecule has 0 aromatic carbocycles. The van der Waals surface area contributed by atoms with Gasteiger partial charge >= 0.3 is 0 Å². The predicted molar refractivity (Wildman–Crippen MR) is 44.4 cm³/mol. The average molecular weight is 140 g/mol. The molecular formula is C9H18N. The van der Waals surface area contributed by atoms with Crippen LogP contribution < -0.4 is 5.73 Å². The van der Waals surface area contributed by atoms with Crippen molar-refractivity contribution in [2.45, 2.75) is 27.2 Å². The molecule has 1 saturated carbocycles. The van der Waals surface area contributed by atoms with Gasteiger partial charge in [-0.05, 0) is 36.6 Å². The highest BCUT2D eigenvalue weighted by atomic mass is 14.6. The highest BCUT2D eigenvalue weighted by Crippen LogP contribution is 2.44. The lowest BCUT2D eigenvalue weighted by atomic mass is 9.82. The Balaban J connectivity index is 2.58. The molecule has 0 heterocycles. The minimum Gasteiger partial charge on any atom is -0.330 e. The van der Waals surface area contributed by atoms with E-state index in [2.05, 4.69) is 27.2 Å². The number of rotatable bonds is 1. The van der Waals surface area contributed by atoms with Crippen LogP contribution in [0.3, 0.4) is 0 Å². The van der Waals surface area contributed by atoms with Gasteiger partial charge in [0.25, 0.3) is 0 Å². The summed E-state index contributed by atoms with van der Waals surface area (Å²) in [5.74, 6) is 1.41. The van der Waals surface area contributed by atoms with Crippen molar-refractivity contribution in [3.8, 4) is 0 Å². The first kappa shape index (κ1) is 8.06. The first-order chi connectivity index (χ1) is 4.56. The van der Waals surface area contributed by atoms with E-state index in [-0.39, 0.29) is 0 Å². The molecule has 2 atom stereocenters. The minimum absolute atomic E-state index is 0.453. The van der Waals surface area contributed by atoms with Crippen LogP contribution in [0.5, 0.6) is 0 Å². The van der Waals surface area contributed by atoms with Gasteiger partial charge in [-0.2, -0.15) is 0 Å². The van der Waals surface area contributed by atoms with Crippen LogP contribution in [0.15, 0.2) is 0 Å². The Morgan fingerprint density at radius 1 is 1.60 bits per heavy atom. The minimum atomic E-state index is 0.453. The van der Waals surface area contributed by atoms with Crippen LogP contribution in [-0.2, 0) is 0 Å². The van der Waals surface area contributed by atoms with Gasteiger partial charge in [-0.15, -0.1) is 0 Å². The third kappa shape index (κ3) is 1.34. The van der Waals surface area contributed by atoms with Gasteiger partial charge < -0.3 is 5.73 Å². The lowest BCUT2D eigenvalue weighted by molar-refractivity contribution is 0.279. The summed E-state index contributed by atoms with van der Waals surface area (Å²) in [6, 6.07) is 0. The Morgan fingerprint density at radius 3 is 2.40 bits per heavy atom. The summed E-state index contributed by atoms with van der Waals surface area (Å²) in [6.45, 7) is 7.71. The fraction of sp³-hybridized carbons (Fsp3) is 0.889. The summed E-state index contributed by atoms with van der Waals surface area (Å²) in [7, 11) is 0. The second-order valence-corrected chi connectivity index (χ2v) is 4.20. The monoisotopic (exact) mass is 140 g/mol. The fourth-order valence-electron chi connectivity index (χ4n) is 2.10. The molecule has 1 fully saturated rings. The summed E-state index contributed by atoms with van der Waals surface area (Å²) in [5.41, 5.74) is 6.09. The lowest BCUT2D eigenvalue weighted by Crippen LogP contribution is -2.25. The van der Waals surface area contributed by atoms with Gasteiger partial charge in [-0.25, -0.2) is 0 Å². The summed E-state index contributed by atoms with van der Waals surface area (Å²) >= 11 is 0. The van der Waals surface area contributed by atoms with E-state index >= 15 is 0 Å². The molecule has 0 aliphatic heterocycles. The quantitative estimate of drug-likeness (QED) is 0.591. The van der Waals surface area contributed by atoms with Crippen molar-refractivity contribution in [2.24, 2.45) is 23.0 Å². The molecule has 0 amide bonds. The smallest absolute Gasteiger partial charge is 0.00409 e. The van der Waals surface area contributed by atoms with Crippen molar-refractivity contribution in [1.82, 2.24) is 0 Å². The summed E-state index contributed by atoms with van der Waals surface area (Å²) in [4.78, 5) is 0. The molecule has 1 aliphatic carbocycles. The molecular weight excluding hydrogens is 122 g/mol. The van der Waals surface area contributed by atoms with Gasteiger partial charge in [0.2, 0.25) is 0 Å². The summed E-state index contributed by atoms with van der Waals surface area (Å²) in [5, 5.41) is 0. The molecule has 1 radical (unpaired) electrons. The van der Waals surface area contributed by atoms with E-state index in [1.807, 2.05) is 0 Å². The fourth-order valence-corrected chi connectivity index (χ4v) is 2.10. The zero-order valence-electron chi connectivity index (χ0n) is 7.22. The Bertz CT molecular complexity index is 118. The Kier molecular flexibility index (Phi) is 2.04. The van der Waals surface area contributed by atoms with Gasteiger partial charge in [0.1, 0.15) is 0 Å². The third-order valence-electron chi connectivity index (χ3n) is 2.67. The van der Waals surface area contributed by atoms with Crippen LogP contribution in [0.25, 0.3) is 0 Å². The standard InChI is InChI=1S/C9H18N/c1-7-4-8(6-10)9(2,3)5-7/h4,7-8H,5-6,10H2,1-3H3. The zero-order valence-corrected chi connectivity index (χ0v) is 7.22. The molecule has 10 heavy (non-hydrogen) atoms. The molecule has 0 aromatic heterocycles. The van der Waals surface area contributed by atoms with E-state index in [4.69, 9.17) is 5.73 Å². The maximum Gasteiger partial charge on any atom is -0.00409 e. The first-order valence-corrected chi connectivity index (χ1v) is 4.11. The topological polar surface area (TPSA) is 26.0 Å².